The van der Waals surface area contributed by atoms with Gasteiger partial charge in [0, 0.05) is 19.3 Å². The van der Waals surface area contributed by atoms with Crippen LogP contribution in [0.1, 0.15) is 348 Å². The van der Waals surface area contributed by atoms with Crippen LogP contribution in [0.25, 0.3) is 0 Å². The van der Waals surface area contributed by atoms with Crippen LogP contribution in [-0.2, 0) is 28.6 Å². The largest absolute Gasteiger partial charge is 0.462 e. The highest BCUT2D eigenvalue weighted by Gasteiger charge is 2.19. The highest BCUT2D eigenvalue weighted by Crippen LogP contribution is 2.18. The van der Waals surface area contributed by atoms with E-state index in [4.69, 9.17) is 14.2 Å². The Morgan fingerprint density at radius 2 is 0.485 bits per heavy atom. The minimum Gasteiger partial charge on any atom is -0.462 e. The molecule has 0 rings (SSSR count). The lowest BCUT2D eigenvalue weighted by molar-refractivity contribution is -0.167. The number of carbonyl (C=O) groups excluding carboxylic acids is 3. The van der Waals surface area contributed by atoms with Crippen molar-refractivity contribution in [3.8, 4) is 0 Å². The Kier molecular flexibility index (Phi) is 56.2. The maximum absolute atomic E-state index is 12.9. The van der Waals surface area contributed by atoms with E-state index in [-0.39, 0.29) is 31.1 Å². The Hall–Kier alpha value is -1.85. The summed E-state index contributed by atoms with van der Waals surface area (Å²) in [5.74, 6) is -0.841. The van der Waals surface area contributed by atoms with Crippen LogP contribution in [0.5, 0.6) is 0 Å². The van der Waals surface area contributed by atoms with Crippen LogP contribution in [0.2, 0.25) is 0 Å². The van der Waals surface area contributed by atoms with Gasteiger partial charge in [-0.2, -0.15) is 0 Å². The molecule has 0 aromatic heterocycles. The molecule has 0 saturated heterocycles. The fourth-order valence-corrected chi connectivity index (χ4v) is 9.38. The van der Waals surface area contributed by atoms with Crippen LogP contribution in [0, 0.1) is 0 Å². The van der Waals surface area contributed by atoms with E-state index in [0.29, 0.717) is 19.3 Å². The third kappa shape index (κ3) is 55.1. The van der Waals surface area contributed by atoms with E-state index in [1.807, 2.05) is 0 Å². The van der Waals surface area contributed by atoms with Gasteiger partial charge >= 0.3 is 17.9 Å². The summed E-state index contributed by atoms with van der Waals surface area (Å²) in [5.41, 5.74) is 0. The molecule has 0 saturated carbocycles. The number of esters is 3. The average molecular weight is 960 g/mol. The number of allylic oxidation sites excluding steroid dienone is 2. The summed E-state index contributed by atoms with van der Waals surface area (Å²) in [4.78, 5) is 38.2. The zero-order valence-electron chi connectivity index (χ0n) is 46.2. The van der Waals surface area contributed by atoms with Gasteiger partial charge in [0.15, 0.2) is 6.10 Å². The molecule has 68 heavy (non-hydrogen) atoms. The second kappa shape index (κ2) is 57.7. The Labute approximate surface area is 424 Å². The summed E-state index contributed by atoms with van der Waals surface area (Å²) in [6, 6.07) is 0. The van der Waals surface area contributed by atoms with Gasteiger partial charge in [-0.25, -0.2) is 0 Å². The number of ether oxygens (including phenoxy) is 3. The molecule has 0 radical (unpaired) electrons. The van der Waals surface area contributed by atoms with E-state index in [0.717, 1.165) is 57.8 Å². The fourth-order valence-electron chi connectivity index (χ4n) is 9.38. The summed E-state index contributed by atoms with van der Waals surface area (Å²) in [6.45, 7) is 6.70. The molecule has 0 heterocycles. The van der Waals surface area contributed by atoms with Gasteiger partial charge < -0.3 is 14.2 Å². The maximum atomic E-state index is 12.9. The molecule has 6 heteroatoms. The van der Waals surface area contributed by atoms with Crippen LogP contribution < -0.4 is 0 Å². The van der Waals surface area contributed by atoms with E-state index >= 15 is 0 Å². The van der Waals surface area contributed by atoms with Gasteiger partial charge in [-0.1, -0.05) is 296 Å². The summed E-state index contributed by atoms with van der Waals surface area (Å²) in [6.07, 6.45) is 66.3. The SMILES string of the molecule is CCCCCC/C=C\CCCCCCCCCC(=O)OCC(COC(=O)CCCCCCCCCCCCCCCCCCCCC)OC(=O)CCCCCCCCCCCCCCCCCC. The predicted octanol–water partition coefficient (Wildman–Crippen LogP) is 20.5. The van der Waals surface area contributed by atoms with Crippen molar-refractivity contribution in [1.29, 1.82) is 0 Å². The van der Waals surface area contributed by atoms with Crippen molar-refractivity contribution < 1.29 is 28.6 Å². The normalized spacial score (nSPS) is 12.0. The van der Waals surface area contributed by atoms with E-state index in [1.54, 1.807) is 0 Å². The molecule has 0 fully saturated rings. The number of hydrogen-bond donors (Lipinski definition) is 0. The Bertz CT molecular complexity index is 1060. The van der Waals surface area contributed by atoms with Crippen LogP contribution in [0.4, 0.5) is 0 Å². The minimum absolute atomic E-state index is 0.0648. The topological polar surface area (TPSA) is 78.9 Å². The number of carbonyl (C=O) groups is 3. The molecule has 0 aromatic carbocycles. The Morgan fingerprint density at radius 1 is 0.279 bits per heavy atom. The lowest BCUT2D eigenvalue weighted by Crippen LogP contribution is -2.30. The minimum atomic E-state index is -0.766. The van der Waals surface area contributed by atoms with Crippen molar-refractivity contribution in [2.75, 3.05) is 13.2 Å². The monoisotopic (exact) mass is 959 g/mol. The second-order valence-electron chi connectivity index (χ2n) is 21.0. The van der Waals surface area contributed by atoms with Gasteiger partial charge in [-0.05, 0) is 44.9 Å². The first-order valence-electron chi connectivity index (χ1n) is 30.7. The van der Waals surface area contributed by atoms with Crippen LogP contribution in [-0.4, -0.2) is 37.2 Å². The van der Waals surface area contributed by atoms with E-state index in [1.165, 1.54) is 250 Å². The summed E-state index contributed by atoms with van der Waals surface area (Å²) >= 11 is 0. The van der Waals surface area contributed by atoms with Crippen molar-refractivity contribution in [3.05, 3.63) is 12.2 Å². The molecule has 0 N–H and O–H groups in total. The first kappa shape index (κ1) is 66.2. The van der Waals surface area contributed by atoms with Crippen LogP contribution in [0.15, 0.2) is 12.2 Å². The molecule has 1 unspecified atom stereocenters. The van der Waals surface area contributed by atoms with Crippen LogP contribution in [0.3, 0.4) is 0 Å². The zero-order valence-corrected chi connectivity index (χ0v) is 46.2. The Balaban J connectivity index is 4.29. The van der Waals surface area contributed by atoms with Crippen molar-refractivity contribution in [1.82, 2.24) is 0 Å². The van der Waals surface area contributed by atoms with E-state index in [2.05, 4.69) is 32.9 Å². The lowest BCUT2D eigenvalue weighted by atomic mass is 10.0. The molecule has 0 aliphatic rings. The molecular formula is C62H118O6. The molecular weight excluding hydrogens is 841 g/mol. The fraction of sp³-hybridized carbons (Fsp3) is 0.919. The number of unbranched alkanes of at least 4 members (excludes halogenated alkanes) is 44. The molecule has 402 valence electrons. The number of hydrogen-bond acceptors (Lipinski definition) is 6. The third-order valence-corrected chi connectivity index (χ3v) is 14.0. The second-order valence-corrected chi connectivity index (χ2v) is 21.0. The summed E-state index contributed by atoms with van der Waals surface area (Å²) in [7, 11) is 0. The van der Waals surface area contributed by atoms with E-state index in [9.17, 15) is 14.4 Å². The van der Waals surface area contributed by atoms with Crippen molar-refractivity contribution >= 4 is 17.9 Å². The number of rotatable bonds is 57. The average Bonchev–Trinajstić information content (AvgIpc) is 3.34. The van der Waals surface area contributed by atoms with Gasteiger partial charge in [-0.3, -0.25) is 14.4 Å². The predicted molar refractivity (Wildman–Crippen MR) is 293 cm³/mol. The highest BCUT2D eigenvalue weighted by atomic mass is 16.6. The van der Waals surface area contributed by atoms with Gasteiger partial charge in [-0.15, -0.1) is 0 Å². The van der Waals surface area contributed by atoms with Crippen molar-refractivity contribution in [3.63, 3.8) is 0 Å². The van der Waals surface area contributed by atoms with Gasteiger partial charge in [0.1, 0.15) is 13.2 Å². The standard InChI is InChI=1S/C62H118O6/c1-4-7-10-13-16-19-22-25-28-30-31-32-35-37-40-43-46-49-52-55-61(64)67-58-59(57-66-60(63)54-51-48-45-42-39-36-33-27-24-21-18-15-12-9-6-3)68-62(65)56-53-50-47-44-41-38-34-29-26-23-20-17-14-11-8-5-2/h21,24,59H,4-20,22-23,25-58H2,1-3H3/b24-21-. The highest BCUT2D eigenvalue weighted by molar-refractivity contribution is 5.71. The summed E-state index contributed by atoms with van der Waals surface area (Å²) < 4.78 is 16.9. The molecule has 1 atom stereocenters. The van der Waals surface area contributed by atoms with Crippen LogP contribution >= 0.6 is 0 Å². The Morgan fingerprint density at radius 3 is 0.750 bits per heavy atom. The first-order valence-corrected chi connectivity index (χ1v) is 30.7. The molecule has 0 bridgehead atoms. The molecule has 0 spiro atoms. The van der Waals surface area contributed by atoms with Crippen molar-refractivity contribution in [2.24, 2.45) is 0 Å². The van der Waals surface area contributed by atoms with E-state index < -0.39 is 6.10 Å². The third-order valence-electron chi connectivity index (χ3n) is 14.0. The van der Waals surface area contributed by atoms with Crippen molar-refractivity contribution in [2.45, 2.75) is 354 Å². The summed E-state index contributed by atoms with van der Waals surface area (Å²) in [5, 5.41) is 0. The smallest absolute Gasteiger partial charge is 0.306 e. The lowest BCUT2D eigenvalue weighted by Gasteiger charge is -2.18. The molecule has 0 amide bonds. The molecule has 0 aliphatic heterocycles. The molecule has 0 aromatic rings. The zero-order chi connectivity index (χ0) is 49.3. The first-order chi connectivity index (χ1) is 33.5. The molecule has 6 nitrogen and oxygen atoms in total. The molecule has 0 aliphatic carbocycles. The van der Waals surface area contributed by atoms with Gasteiger partial charge in [0.25, 0.3) is 0 Å². The van der Waals surface area contributed by atoms with Gasteiger partial charge in [0.05, 0.1) is 0 Å². The maximum Gasteiger partial charge on any atom is 0.306 e. The quantitative estimate of drug-likeness (QED) is 0.0262. The van der Waals surface area contributed by atoms with Gasteiger partial charge in [0.2, 0.25) is 0 Å².